The average molecular weight is 631 g/mol. The van der Waals surface area contributed by atoms with Gasteiger partial charge in [-0.15, -0.1) is 35.8 Å². The molecule has 43 heavy (non-hydrogen) atoms. The molecule has 9 nitrogen and oxygen atoms in total. The predicted octanol–water partition coefficient (Wildman–Crippen LogP) is 5.80. The van der Waals surface area contributed by atoms with E-state index in [2.05, 4.69) is 25.9 Å². The molecule has 4 N–H and O–H groups in total. The van der Waals surface area contributed by atoms with E-state index in [0.717, 1.165) is 45.9 Å². The Labute approximate surface area is 252 Å². The maximum absolute atomic E-state index is 12.6. The van der Waals surface area contributed by atoms with Crippen molar-refractivity contribution < 1.29 is 37.4 Å². The Hall–Kier alpha value is -4.69. The van der Waals surface area contributed by atoms with E-state index < -0.39 is 12.3 Å². The monoisotopic (exact) mass is 630 g/mol. The van der Waals surface area contributed by atoms with Gasteiger partial charge in [0.05, 0.1) is 25.9 Å². The third kappa shape index (κ3) is 8.66. The smallest absolute Gasteiger partial charge is 0.506 e. The third-order valence-corrected chi connectivity index (χ3v) is 8.00. The summed E-state index contributed by atoms with van der Waals surface area (Å²) in [6.45, 7) is 3.72. The zero-order valence-corrected chi connectivity index (χ0v) is 24.4. The van der Waals surface area contributed by atoms with Gasteiger partial charge in [0.1, 0.15) is 11.5 Å². The maximum atomic E-state index is 12.6. The van der Waals surface area contributed by atoms with Gasteiger partial charge in [-0.25, -0.2) is 5.43 Å². The average Bonchev–Trinajstić information content (AvgIpc) is 3.61. The molecule has 0 saturated heterocycles. The van der Waals surface area contributed by atoms with Gasteiger partial charge in [0.25, 0.3) is 11.8 Å². The largest absolute Gasteiger partial charge is 0.573 e. The first-order valence-corrected chi connectivity index (χ1v) is 14.3. The number of nitrogens with zero attached hydrogens (tertiary/aromatic N) is 1. The molecule has 0 atom stereocenters. The SMILES string of the molecule is CC(=O)NCc1ccc(CNC(=O)c2ccc(C(=O)N/N=C(\C)c3csc(-c4ccc(OC(F)(F)F)cc4)c3O)s2)cc1. The van der Waals surface area contributed by atoms with Crippen molar-refractivity contribution in [1.29, 1.82) is 0 Å². The Morgan fingerprint density at radius 1 is 0.860 bits per heavy atom. The second kappa shape index (κ2) is 13.5. The molecule has 0 unspecified atom stereocenters. The van der Waals surface area contributed by atoms with Crippen LogP contribution in [-0.4, -0.2) is 34.9 Å². The fourth-order valence-electron chi connectivity index (χ4n) is 3.72. The van der Waals surface area contributed by atoms with E-state index in [-0.39, 0.29) is 34.7 Å². The first-order chi connectivity index (χ1) is 20.4. The lowest BCUT2D eigenvalue weighted by Crippen LogP contribution is -2.22. The number of hydrogen-bond donors (Lipinski definition) is 4. The van der Waals surface area contributed by atoms with Crippen LogP contribution in [0, 0.1) is 0 Å². The molecule has 0 radical (unpaired) electrons. The van der Waals surface area contributed by atoms with Gasteiger partial charge in [0.2, 0.25) is 5.91 Å². The van der Waals surface area contributed by atoms with Gasteiger partial charge in [0, 0.05) is 25.4 Å². The van der Waals surface area contributed by atoms with Gasteiger partial charge < -0.3 is 20.5 Å². The molecule has 0 spiro atoms. The minimum atomic E-state index is -4.81. The highest BCUT2D eigenvalue weighted by molar-refractivity contribution is 7.16. The van der Waals surface area contributed by atoms with E-state index in [4.69, 9.17) is 0 Å². The van der Waals surface area contributed by atoms with Crippen LogP contribution in [0.1, 0.15) is 49.9 Å². The third-order valence-electron chi connectivity index (χ3n) is 5.90. The molecule has 0 bridgehead atoms. The van der Waals surface area contributed by atoms with Crippen LogP contribution in [0.5, 0.6) is 11.5 Å². The van der Waals surface area contributed by atoms with Crippen LogP contribution in [0.15, 0.2) is 71.1 Å². The molecule has 0 aliphatic rings. The number of hydrogen-bond acceptors (Lipinski definition) is 8. The molecule has 0 aliphatic heterocycles. The van der Waals surface area contributed by atoms with Crippen molar-refractivity contribution >= 4 is 46.1 Å². The zero-order valence-electron chi connectivity index (χ0n) is 22.7. The van der Waals surface area contributed by atoms with Crippen LogP contribution in [0.25, 0.3) is 10.4 Å². The molecule has 4 aromatic rings. The number of rotatable bonds is 10. The van der Waals surface area contributed by atoms with Crippen molar-refractivity contribution in [3.05, 3.63) is 92.5 Å². The van der Waals surface area contributed by atoms with E-state index in [1.807, 2.05) is 24.3 Å². The van der Waals surface area contributed by atoms with Gasteiger partial charge in [-0.3, -0.25) is 14.4 Å². The quantitative estimate of drug-likeness (QED) is 0.130. The van der Waals surface area contributed by atoms with Crippen LogP contribution in [0.4, 0.5) is 13.2 Å². The fraction of sp³-hybridized carbons (Fsp3) is 0.172. The number of hydrazone groups is 1. The molecule has 2 aromatic carbocycles. The van der Waals surface area contributed by atoms with Crippen molar-refractivity contribution in [1.82, 2.24) is 16.1 Å². The summed E-state index contributed by atoms with van der Waals surface area (Å²) in [7, 11) is 0. The number of halogens is 3. The molecule has 0 saturated carbocycles. The zero-order chi connectivity index (χ0) is 31.1. The highest BCUT2D eigenvalue weighted by Gasteiger charge is 2.31. The molecule has 2 heterocycles. The fourth-order valence-corrected chi connectivity index (χ4v) is 5.55. The van der Waals surface area contributed by atoms with E-state index in [0.29, 0.717) is 33.1 Å². The summed E-state index contributed by atoms with van der Waals surface area (Å²) in [6.07, 6.45) is -4.81. The Morgan fingerprint density at radius 2 is 1.44 bits per heavy atom. The molecule has 0 fully saturated rings. The Kier molecular flexibility index (Phi) is 9.83. The number of carbonyl (C=O) groups is 3. The number of alkyl halides is 3. The number of aromatic hydroxyl groups is 1. The predicted molar refractivity (Wildman–Crippen MR) is 157 cm³/mol. The molecule has 0 aliphatic carbocycles. The molecule has 2 aromatic heterocycles. The van der Waals surface area contributed by atoms with Crippen LogP contribution >= 0.6 is 22.7 Å². The minimum Gasteiger partial charge on any atom is -0.506 e. The number of amides is 3. The molecule has 224 valence electrons. The number of thiophene rings is 2. The topological polar surface area (TPSA) is 129 Å². The number of nitrogens with one attached hydrogen (secondary N) is 3. The second-order valence-corrected chi connectivity index (χ2v) is 11.1. The summed E-state index contributed by atoms with van der Waals surface area (Å²) in [5.74, 6) is -1.53. The highest BCUT2D eigenvalue weighted by Crippen LogP contribution is 2.39. The standard InChI is InChI=1S/C29H25F3N4O5S2/c1-16(22-15-42-26(25(22)38)20-7-9-21(10-8-20)41-29(30,31)32)35-36-28(40)24-12-11-23(43-24)27(39)34-14-19-5-3-18(4-6-19)13-33-17(2)37/h3-12,15,38H,13-14H2,1-2H3,(H,33,37)(H,34,39)(H,36,40)/b35-16+. The molecular weight excluding hydrogens is 605 g/mol. The molecule has 4 rings (SSSR count). The van der Waals surface area contributed by atoms with Crippen molar-refractivity contribution in [2.24, 2.45) is 5.10 Å². The number of benzene rings is 2. The lowest BCUT2D eigenvalue weighted by Gasteiger charge is -2.09. The summed E-state index contributed by atoms with van der Waals surface area (Å²) in [5.41, 5.74) is 5.31. The van der Waals surface area contributed by atoms with Crippen LogP contribution in [0.3, 0.4) is 0 Å². The number of ether oxygens (including phenoxy) is 1. The Balaban J connectivity index is 1.32. The van der Waals surface area contributed by atoms with E-state index in [1.54, 1.807) is 12.3 Å². The van der Waals surface area contributed by atoms with Crippen molar-refractivity contribution in [2.75, 3.05) is 0 Å². The van der Waals surface area contributed by atoms with Gasteiger partial charge in [-0.1, -0.05) is 24.3 Å². The van der Waals surface area contributed by atoms with E-state index in [9.17, 15) is 32.7 Å². The summed E-state index contributed by atoms with van der Waals surface area (Å²) in [6, 6.07) is 15.5. The summed E-state index contributed by atoms with van der Waals surface area (Å²) >= 11 is 2.15. The van der Waals surface area contributed by atoms with Crippen LogP contribution in [-0.2, 0) is 17.9 Å². The van der Waals surface area contributed by atoms with Crippen LogP contribution < -0.4 is 20.8 Å². The normalized spacial score (nSPS) is 11.6. The van der Waals surface area contributed by atoms with Crippen LogP contribution in [0.2, 0.25) is 0 Å². The van der Waals surface area contributed by atoms with Crippen molar-refractivity contribution in [3.8, 4) is 21.9 Å². The highest BCUT2D eigenvalue weighted by atomic mass is 32.1. The summed E-state index contributed by atoms with van der Waals surface area (Å²) in [5, 5.41) is 21.9. The summed E-state index contributed by atoms with van der Waals surface area (Å²) < 4.78 is 41.1. The van der Waals surface area contributed by atoms with Crippen molar-refractivity contribution in [3.63, 3.8) is 0 Å². The molecule has 14 heteroatoms. The first-order valence-electron chi connectivity index (χ1n) is 12.6. The van der Waals surface area contributed by atoms with Gasteiger partial charge in [0.15, 0.2) is 0 Å². The van der Waals surface area contributed by atoms with E-state index in [1.165, 1.54) is 31.2 Å². The van der Waals surface area contributed by atoms with E-state index >= 15 is 0 Å². The minimum absolute atomic E-state index is 0.119. The Morgan fingerprint density at radius 3 is 2.02 bits per heavy atom. The van der Waals surface area contributed by atoms with Gasteiger partial charge in [-0.05, 0) is 60.0 Å². The lowest BCUT2D eigenvalue weighted by molar-refractivity contribution is -0.274. The first kappa shape index (κ1) is 31.3. The lowest BCUT2D eigenvalue weighted by atomic mass is 10.1. The number of carbonyl (C=O) groups excluding carboxylic acids is 3. The summed E-state index contributed by atoms with van der Waals surface area (Å²) in [4.78, 5) is 37.3. The van der Waals surface area contributed by atoms with Gasteiger partial charge >= 0.3 is 6.36 Å². The molecule has 3 amide bonds. The second-order valence-electron chi connectivity index (χ2n) is 9.11. The molecular formula is C29H25F3N4O5S2. The Bertz CT molecular complexity index is 1650. The van der Waals surface area contributed by atoms with Crippen molar-refractivity contribution in [2.45, 2.75) is 33.3 Å². The maximum Gasteiger partial charge on any atom is 0.573 e. The van der Waals surface area contributed by atoms with Gasteiger partial charge in [-0.2, -0.15) is 5.10 Å².